The number of guanidine groups is 1. The van der Waals surface area contributed by atoms with Crippen LogP contribution in [-0.4, -0.2) is 41.6 Å². The van der Waals surface area contributed by atoms with Crippen LogP contribution in [0.2, 0.25) is 0 Å². The Kier molecular flexibility index (Phi) is 11.3. The van der Waals surface area contributed by atoms with Crippen molar-refractivity contribution in [2.45, 2.75) is 63.7 Å². The van der Waals surface area contributed by atoms with Crippen molar-refractivity contribution in [3.63, 3.8) is 0 Å². The number of hydrogen-bond donors (Lipinski definition) is 2. The van der Waals surface area contributed by atoms with E-state index in [9.17, 15) is 0 Å². The lowest BCUT2D eigenvalue weighted by Crippen LogP contribution is -2.42. The molecule has 1 aliphatic carbocycles. The molecule has 2 N–H and O–H groups in total. The standard InChI is InChI=1S/C17H30N4S2.HI/c1-4-18-17(21-14-8-9-15(11-14)22-3)19-10-6-5-7-16-20-13(2)12-23-16;/h12,14-15H,4-11H2,1-3H3,(H2,18,19,21);1H. The van der Waals surface area contributed by atoms with Gasteiger partial charge in [0.15, 0.2) is 5.96 Å². The summed E-state index contributed by atoms with van der Waals surface area (Å²) in [6, 6.07) is 0.587. The Morgan fingerprint density at radius 1 is 1.42 bits per heavy atom. The number of nitrogens with one attached hydrogen (secondary N) is 2. The molecule has 1 fully saturated rings. The maximum atomic E-state index is 4.73. The minimum atomic E-state index is 0. The number of aromatic nitrogens is 1. The quantitative estimate of drug-likeness (QED) is 0.252. The minimum Gasteiger partial charge on any atom is -0.357 e. The average Bonchev–Trinajstić information content (AvgIpc) is 3.16. The van der Waals surface area contributed by atoms with E-state index in [-0.39, 0.29) is 24.0 Å². The number of rotatable bonds is 8. The van der Waals surface area contributed by atoms with Crippen LogP contribution in [0.25, 0.3) is 0 Å². The fraction of sp³-hybridized carbons (Fsp3) is 0.765. The van der Waals surface area contributed by atoms with E-state index in [2.05, 4.69) is 41.1 Å². The number of aryl methyl sites for hydroxylation is 2. The van der Waals surface area contributed by atoms with Gasteiger partial charge < -0.3 is 10.6 Å². The summed E-state index contributed by atoms with van der Waals surface area (Å²) in [5.74, 6) is 0.990. The predicted octanol–water partition coefficient (Wildman–Crippen LogP) is 4.23. The number of nitrogens with zero attached hydrogens (tertiary/aromatic N) is 2. The van der Waals surface area contributed by atoms with E-state index >= 15 is 0 Å². The summed E-state index contributed by atoms with van der Waals surface area (Å²) in [5, 5.41) is 11.2. The van der Waals surface area contributed by atoms with Gasteiger partial charge in [-0.15, -0.1) is 35.3 Å². The van der Waals surface area contributed by atoms with Gasteiger partial charge in [-0.05, 0) is 58.6 Å². The smallest absolute Gasteiger partial charge is 0.191 e. The minimum absolute atomic E-state index is 0. The molecule has 0 spiro atoms. The van der Waals surface area contributed by atoms with E-state index in [1.807, 2.05) is 11.8 Å². The molecule has 2 rings (SSSR count). The van der Waals surface area contributed by atoms with Crippen LogP contribution in [0.4, 0.5) is 0 Å². The van der Waals surface area contributed by atoms with Crippen molar-refractivity contribution in [1.82, 2.24) is 15.6 Å². The van der Waals surface area contributed by atoms with Crippen LogP contribution in [0.5, 0.6) is 0 Å². The van der Waals surface area contributed by atoms with Gasteiger partial charge in [-0.2, -0.15) is 11.8 Å². The normalized spacial score (nSPS) is 20.7. The highest BCUT2D eigenvalue weighted by atomic mass is 127. The fourth-order valence-electron chi connectivity index (χ4n) is 2.90. The van der Waals surface area contributed by atoms with Gasteiger partial charge in [-0.3, -0.25) is 4.99 Å². The van der Waals surface area contributed by atoms with Gasteiger partial charge >= 0.3 is 0 Å². The van der Waals surface area contributed by atoms with E-state index in [1.165, 1.54) is 24.3 Å². The van der Waals surface area contributed by atoms with Gasteiger partial charge in [0, 0.05) is 35.5 Å². The van der Waals surface area contributed by atoms with Crippen LogP contribution in [0.1, 0.15) is 49.7 Å². The molecule has 0 amide bonds. The second kappa shape index (κ2) is 12.4. The lowest BCUT2D eigenvalue weighted by Gasteiger charge is -2.17. The molecule has 2 unspecified atom stereocenters. The first-order valence-corrected chi connectivity index (χ1v) is 10.9. The Hall–Kier alpha value is -0.0200. The molecular formula is C17H31IN4S2. The third kappa shape index (κ3) is 7.91. The van der Waals surface area contributed by atoms with E-state index in [0.717, 1.165) is 49.3 Å². The molecule has 0 saturated heterocycles. The highest BCUT2D eigenvalue weighted by Gasteiger charge is 2.24. The van der Waals surface area contributed by atoms with E-state index in [0.29, 0.717) is 6.04 Å². The largest absolute Gasteiger partial charge is 0.357 e. The molecule has 7 heteroatoms. The summed E-state index contributed by atoms with van der Waals surface area (Å²) in [7, 11) is 0. The first-order chi connectivity index (χ1) is 11.2. The van der Waals surface area contributed by atoms with Gasteiger partial charge in [0.1, 0.15) is 0 Å². The second-order valence-corrected chi connectivity index (χ2v) is 8.19. The summed E-state index contributed by atoms with van der Waals surface area (Å²) < 4.78 is 0. The molecule has 138 valence electrons. The highest BCUT2D eigenvalue weighted by molar-refractivity contribution is 14.0. The zero-order valence-corrected chi connectivity index (χ0v) is 19.0. The fourth-order valence-corrected chi connectivity index (χ4v) is 4.51. The third-order valence-electron chi connectivity index (χ3n) is 4.14. The Bertz CT molecular complexity index is 493. The predicted molar refractivity (Wildman–Crippen MR) is 119 cm³/mol. The van der Waals surface area contributed by atoms with Gasteiger partial charge in [0.2, 0.25) is 0 Å². The molecule has 1 aromatic rings. The summed E-state index contributed by atoms with van der Waals surface area (Å²) in [5.41, 5.74) is 1.14. The van der Waals surface area contributed by atoms with Crippen molar-refractivity contribution in [1.29, 1.82) is 0 Å². The van der Waals surface area contributed by atoms with Gasteiger partial charge in [-0.25, -0.2) is 4.98 Å². The first-order valence-electron chi connectivity index (χ1n) is 8.70. The van der Waals surface area contributed by atoms with Crippen molar-refractivity contribution in [3.8, 4) is 0 Å². The van der Waals surface area contributed by atoms with Crippen molar-refractivity contribution in [2.24, 2.45) is 4.99 Å². The number of hydrogen-bond acceptors (Lipinski definition) is 4. The van der Waals surface area contributed by atoms with Crippen molar-refractivity contribution < 1.29 is 0 Å². The van der Waals surface area contributed by atoms with E-state index in [4.69, 9.17) is 4.99 Å². The molecule has 0 bridgehead atoms. The van der Waals surface area contributed by atoms with Crippen molar-refractivity contribution >= 4 is 53.0 Å². The molecule has 1 aromatic heterocycles. The number of unbranched alkanes of at least 4 members (excludes halogenated alkanes) is 1. The molecule has 1 saturated carbocycles. The van der Waals surface area contributed by atoms with Crippen LogP contribution in [0.3, 0.4) is 0 Å². The molecule has 0 aromatic carbocycles. The zero-order chi connectivity index (χ0) is 16.5. The van der Waals surface area contributed by atoms with Gasteiger partial charge in [-0.1, -0.05) is 0 Å². The monoisotopic (exact) mass is 482 g/mol. The summed E-state index contributed by atoms with van der Waals surface area (Å²) in [6.45, 7) is 5.99. The van der Waals surface area contributed by atoms with E-state index in [1.54, 1.807) is 11.3 Å². The molecule has 0 radical (unpaired) electrons. The highest BCUT2D eigenvalue weighted by Crippen LogP contribution is 2.28. The molecule has 2 atom stereocenters. The molecule has 4 nitrogen and oxygen atoms in total. The lowest BCUT2D eigenvalue weighted by atomic mass is 10.2. The van der Waals surface area contributed by atoms with Crippen LogP contribution >= 0.6 is 47.1 Å². The number of halogens is 1. The molecule has 1 aliphatic rings. The van der Waals surface area contributed by atoms with Gasteiger partial charge in [0.25, 0.3) is 0 Å². The van der Waals surface area contributed by atoms with Crippen LogP contribution in [0, 0.1) is 6.92 Å². The molecule has 1 heterocycles. The Labute approximate surface area is 172 Å². The second-order valence-electron chi connectivity index (χ2n) is 6.11. The van der Waals surface area contributed by atoms with Crippen LogP contribution in [-0.2, 0) is 6.42 Å². The number of thioether (sulfide) groups is 1. The summed E-state index contributed by atoms with van der Waals surface area (Å²) >= 11 is 3.77. The summed E-state index contributed by atoms with van der Waals surface area (Å²) in [6.07, 6.45) is 9.42. The Morgan fingerprint density at radius 2 is 2.25 bits per heavy atom. The summed E-state index contributed by atoms with van der Waals surface area (Å²) in [4.78, 5) is 9.25. The van der Waals surface area contributed by atoms with Crippen LogP contribution in [0.15, 0.2) is 10.4 Å². The SMILES string of the molecule is CCNC(=NCCCCc1nc(C)cs1)NC1CCC(SC)C1.I. The zero-order valence-electron chi connectivity index (χ0n) is 15.0. The molecular weight excluding hydrogens is 451 g/mol. The topological polar surface area (TPSA) is 49.3 Å². The van der Waals surface area contributed by atoms with E-state index < -0.39 is 0 Å². The first kappa shape index (κ1) is 22.0. The molecule has 24 heavy (non-hydrogen) atoms. The molecule has 0 aliphatic heterocycles. The number of thiazole rings is 1. The lowest BCUT2D eigenvalue weighted by molar-refractivity contribution is 0.613. The maximum Gasteiger partial charge on any atom is 0.191 e. The maximum absolute atomic E-state index is 4.73. The average molecular weight is 483 g/mol. The van der Waals surface area contributed by atoms with Crippen molar-refractivity contribution in [2.75, 3.05) is 19.3 Å². The van der Waals surface area contributed by atoms with Crippen LogP contribution < -0.4 is 10.6 Å². The number of aliphatic imine (C=N–C) groups is 1. The van der Waals surface area contributed by atoms with Gasteiger partial charge in [0.05, 0.1) is 5.01 Å². The third-order valence-corrected chi connectivity index (χ3v) is 6.26. The van der Waals surface area contributed by atoms with Crippen molar-refractivity contribution in [3.05, 3.63) is 16.1 Å². The Morgan fingerprint density at radius 3 is 2.88 bits per heavy atom. The Balaban J connectivity index is 0.00000288.